The molecule has 0 bridgehead atoms. The van der Waals surface area contributed by atoms with Gasteiger partial charge in [-0.15, -0.1) is 0 Å². The summed E-state index contributed by atoms with van der Waals surface area (Å²) in [6.45, 7) is 3.23. The number of nitrogens with zero attached hydrogens (tertiary/aromatic N) is 3. The van der Waals surface area contributed by atoms with Gasteiger partial charge in [0.1, 0.15) is 0 Å². The second-order valence-corrected chi connectivity index (χ2v) is 7.30. The number of hydrogen-bond acceptors (Lipinski definition) is 3. The molecule has 2 aromatic rings. The third kappa shape index (κ3) is 3.64. The number of aromatic nitrogens is 1. The van der Waals surface area contributed by atoms with E-state index in [9.17, 15) is 4.79 Å². The zero-order chi connectivity index (χ0) is 17.2. The Morgan fingerprint density at radius 3 is 2.56 bits per heavy atom. The summed E-state index contributed by atoms with van der Waals surface area (Å²) < 4.78 is 0. The molecule has 4 rings (SSSR count). The fourth-order valence-corrected chi connectivity index (χ4v) is 3.68. The number of anilines is 1. The van der Waals surface area contributed by atoms with E-state index in [4.69, 9.17) is 11.6 Å². The molecule has 0 radical (unpaired) electrons. The van der Waals surface area contributed by atoms with Crippen LogP contribution in [0.4, 0.5) is 5.69 Å². The largest absolute Gasteiger partial charge is 0.366 e. The Morgan fingerprint density at radius 2 is 1.84 bits per heavy atom. The number of hydrogen-bond donors (Lipinski definition) is 0. The molecule has 2 heterocycles. The van der Waals surface area contributed by atoms with Crippen LogP contribution in [0.1, 0.15) is 19.3 Å². The molecule has 25 heavy (non-hydrogen) atoms. The molecule has 5 heteroatoms. The summed E-state index contributed by atoms with van der Waals surface area (Å²) in [7, 11) is 0. The highest BCUT2D eigenvalue weighted by Gasteiger charge is 2.29. The number of amides is 1. The molecule has 2 aliphatic rings. The minimum atomic E-state index is 0.319. The molecule has 1 aromatic heterocycles. The quantitative estimate of drug-likeness (QED) is 0.835. The molecule has 1 saturated heterocycles. The number of rotatable bonds is 4. The molecule has 4 nitrogen and oxygen atoms in total. The number of piperazine rings is 1. The van der Waals surface area contributed by atoms with E-state index >= 15 is 0 Å². The Hall–Kier alpha value is -2.07. The standard InChI is InChI=1S/C20H22ClN3O/c21-18-4-2-1-3-16(18)17-7-8-22-14-19(17)23-9-11-24(12-10-23)20(25)13-15-5-6-15/h1-4,7-8,14-15H,5-6,9-13H2. The highest BCUT2D eigenvalue weighted by Crippen LogP contribution is 2.35. The lowest BCUT2D eigenvalue weighted by atomic mass is 10.0. The summed E-state index contributed by atoms with van der Waals surface area (Å²) in [4.78, 5) is 20.9. The fraction of sp³-hybridized carbons (Fsp3) is 0.400. The predicted molar refractivity (Wildman–Crippen MR) is 101 cm³/mol. The van der Waals surface area contributed by atoms with Crippen molar-refractivity contribution in [2.45, 2.75) is 19.3 Å². The minimum Gasteiger partial charge on any atom is -0.366 e. The molecule has 1 amide bonds. The van der Waals surface area contributed by atoms with Gasteiger partial charge in [-0.2, -0.15) is 0 Å². The summed E-state index contributed by atoms with van der Waals surface area (Å²) >= 11 is 6.40. The highest BCUT2D eigenvalue weighted by atomic mass is 35.5. The van der Waals surface area contributed by atoms with Crippen LogP contribution >= 0.6 is 11.6 Å². The van der Waals surface area contributed by atoms with Gasteiger partial charge in [0.25, 0.3) is 0 Å². The van der Waals surface area contributed by atoms with Gasteiger partial charge >= 0.3 is 0 Å². The second-order valence-electron chi connectivity index (χ2n) is 6.89. The second kappa shape index (κ2) is 7.04. The van der Waals surface area contributed by atoms with Crippen LogP contribution < -0.4 is 4.90 Å². The van der Waals surface area contributed by atoms with Crippen LogP contribution in [0.2, 0.25) is 5.02 Å². The lowest BCUT2D eigenvalue weighted by Crippen LogP contribution is -2.49. The molecule has 1 saturated carbocycles. The number of halogens is 1. The average molecular weight is 356 g/mol. The Morgan fingerprint density at radius 1 is 1.08 bits per heavy atom. The van der Waals surface area contributed by atoms with Crippen molar-refractivity contribution in [3.05, 3.63) is 47.7 Å². The molecular formula is C20H22ClN3O. The Labute approximate surface area is 153 Å². The summed E-state index contributed by atoms with van der Waals surface area (Å²) in [5.74, 6) is 0.968. The van der Waals surface area contributed by atoms with Crippen molar-refractivity contribution in [2.24, 2.45) is 5.92 Å². The lowest BCUT2D eigenvalue weighted by molar-refractivity contribution is -0.131. The molecule has 0 atom stereocenters. The maximum atomic E-state index is 12.3. The van der Waals surface area contributed by atoms with Crippen molar-refractivity contribution in [1.29, 1.82) is 0 Å². The van der Waals surface area contributed by atoms with E-state index in [2.05, 4.69) is 9.88 Å². The van der Waals surface area contributed by atoms with Crippen LogP contribution in [0, 0.1) is 5.92 Å². The summed E-state index contributed by atoms with van der Waals surface area (Å²) in [5.41, 5.74) is 3.21. The topological polar surface area (TPSA) is 36.4 Å². The van der Waals surface area contributed by atoms with E-state index < -0.39 is 0 Å². The first kappa shape index (κ1) is 16.4. The van der Waals surface area contributed by atoms with E-state index in [1.807, 2.05) is 41.4 Å². The Bertz CT molecular complexity index is 767. The molecule has 0 N–H and O–H groups in total. The van der Waals surface area contributed by atoms with Crippen LogP contribution in [0.3, 0.4) is 0 Å². The predicted octanol–water partition coefficient (Wildman–Crippen LogP) is 3.85. The summed E-state index contributed by atoms with van der Waals surface area (Å²) in [6, 6.07) is 9.91. The molecule has 1 aliphatic carbocycles. The average Bonchev–Trinajstić information content (AvgIpc) is 3.46. The highest BCUT2D eigenvalue weighted by molar-refractivity contribution is 6.33. The van der Waals surface area contributed by atoms with E-state index in [1.54, 1.807) is 6.20 Å². The molecule has 0 unspecified atom stereocenters. The number of pyridine rings is 1. The van der Waals surface area contributed by atoms with Gasteiger partial charge in [0, 0.05) is 54.9 Å². The van der Waals surface area contributed by atoms with Gasteiger partial charge in [0.2, 0.25) is 5.91 Å². The molecule has 130 valence electrons. The summed E-state index contributed by atoms with van der Waals surface area (Å²) in [5, 5.41) is 0.744. The van der Waals surface area contributed by atoms with Gasteiger partial charge in [0.05, 0.1) is 11.9 Å². The van der Waals surface area contributed by atoms with Gasteiger partial charge in [-0.05, 0) is 30.9 Å². The van der Waals surface area contributed by atoms with Crippen LogP contribution in [-0.4, -0.2) is 42.0 Å². The lowest BCUT2D eigenvalue weighted by Gasteiger charge is -2.37. The first-order valence-corrected chi connectivity index (χ1v) is 9.32. The zero-order valence-electron chi connectivity index (χ0n) is 14.2. The van der Waals surface area contributed by atoms with Crippen molar-refractivity contribution in [3.63, 3.8) is 0 Å². The number of benzene rings is 1. The van der Waals surface area contributed by atoms with Crippen LogP contribution in [0.5, 0.6) is 0 Å². The van der Waals surface area contributed by atoms with Gasteiger partial charge < -0.3 is 9.80 Å². The number of carbonyl (C=O) groups is 1. The fourth-order valence-electron chi connectivity index (χ4n) is 3.44. The van der Waals surface area contributed by atoms with Crippen LogP contribution in [-0.2, 0) is 4.79 Å². The normalized spacial score (nSPS) is 17.6. The van der Waals surface area contributed by atoms with Crippen molar-refractivity contribution in [3.8, 4) is 11.1 Å². The monoisotopic (exact) mass is 355 g/mol. The van der Waals surface area contributed by atoms with Crippen molar-refractivity contribution >= 4 is 23.2 Å². The van der Waals surface area contributed by atoms with E-state index in [-0.39, 0.29) is 0 Å². The Kier molecular flexibility index (Phi) is 4.62. The third-order valence-electron chi connectivity index (χ3n) is 5.10. The van der Waals surface area contributed by atoms with E-state index in [0.29, 0.717) is 11.8 Å². The summed E-state index contributed by atoms with van der Waals surface area (Å²) in [6.07, 6.45) is 6.89. The van der Waals surface area contributed by atoms with Crippen LogP contribution in [0.25, 0.3) is 11.1 Å². The minimum absolute atomic E-state index is 0.319. The van der Waals surface area contributed by atoms with Gasteiger partial charge in [-0.3, -0.25) is 9.78 Å². The van der Waals surface area contributed by atoms with E-state index in [0.717, 1.165) is 54.4 Å². The smallest absolute Gasteiger partial charge is 0.222 e. The molecule has 0 spiro atoms. The maximum absolute atomic E-state index is 12.3. The van der Waals surface area contributed by atoms with Crippen molar-refractivity contribution in [1.82, 2.24) is 9.88 Å². The SMILES string of the molecule is O=C(CC1CC1)N1CCN(c2cnccc2-c2ccccc2Cl)CC1. The van der Waals surface area contributed by atoms with Crippen LogP contribution in [0.15, 0.2) is 42.7 Å². The van der Waals surface area contributed by atoms with Crippen molar-refractivity contribution < 1.29 is 4.79 Å². The molecule has 2 fully saturated rings. The molecule has 1 aromatic carbocycles. The number of carbonyl (C=O) groups excluding carboxylic acids is 1. The maximum Gasteiger partial charge on any atom is 0.222 e. The van der Waals surface area contributed by atoms with E-state index in [1.165, 1.54) is 12.8 Å². The van der Waals surface area contributed by atoms with Gasteiger partial charge in [0.15, 0.2) is 0 Å². The van der Waals surface area contributed by atoms with Gasteiger partial charge in [-0.25, -0.2) is 0 Å². The first-order chi connectivity index (χ1) is 12.2. The molecular weight excluding hydrogens is 334 g/mol. The van der Waals surface area contributed by atoms with Crippen molar-refractivity contribution in [2.75, 3.05) is 31.1 Å². The van der Waals surface area contributed by atoms with Gasteiger partial charge in [-0.1, -0.05) is 29.8 Å². The zero-order valence-corrected chi connectivity index (χ0v) is 15.0. The third-order valence-corrected chi connectivity index (χ3v) is 5.43. The Balaban J connectivity index is 1.50. The molecule has 1 aliphatic heterocycles. The first-order valence-electron chi connectivity index (χ1n) is 8.94.